The van der Waals surface area contributed by atoms with Crippen LogP contribution in [0.4, 0.5) is 0 Å². The van der Waals surface area contributed by atoms with E-state index in [1.54, 1.807) is 11.1 Å². The Balaban J connectivity index is 2.30. The quantitative estimate of drug-likeness (QED) is 0.673. The molecule has 0 saturated heterocycles. The number of fused-ring (bicyclic) bond motifs is 1. The van der Waals surface area contributed by atoms with Gasteiger partial charge in [-0.1, -0.05) is 13.8 Å². The SMILES string of the molecule is CC(C)Cc1nccc2c1CCC2. The standard InChI is InChI=1S/C12H17N/c1-9(2)8-12-11-5-3-4-10(11)6-7-13-12/h6-7,9H,3-5,8H2,1-2H3. The zero-order valence-electron chi connectivity index (χ0n) is 8.51. The Labute approximate surface area is 80.2 Å². The number of nitrogens with zero attached hydrogens (tertiary/aromatic N) is 1. The molecule has 1 heterocycles. The molecule has 1 heteroatoms. The maximum atomic E-state index is 4.49. The fourth-order valence-corrected chi connectivity index (χ4v) is 2.14. The summed E-state index contributed by atoms with van der Waals surface area (Å²) in [5.41, 5.74) is 4.45. The molecule has 0 radical (unpaired) electrons. The molecular formula is C12H17N. The summed E-state index contributed by atoms with van der Waals surface area (Å²) in [5.74, 6) is 0.722. The minimum atomic E-state index is 0.722. The molecule has 0 amide bonds. The molecule has 2 rings (SSSR count). The lowest BCUT2D eigenvalue weighted by atomic mass is 10.0. The van der Waals surface area contributed by atoms with Crippen molar-refractivity contribution in [3.05, 3.63) is 29.1 Å². The summed E-state index contributed by atoms with van der Waals surface area (Å²) in [6, 6.07) is 2.19. The van der Waals surface area contributed by atoms with Crippen LogP contribution in [-0.2, 0) is 19.3 Å². The highest BCUT2D eigenvalue weighted by atomic mass is 14.7. The van der Waals surface area contributed by atoms with Crippen molar-refractivity contribution in [1.82, 2.24) is 4.98 Å². The number of pyridine rings is 1. The van der Waals surface area contributed by atoms with E-state index in [1.807, 2.05) is 6.20 Å². The minimum Gasteiger partial charge on any atom is -0.261 e. The van der Waals surface area contributed by atoms with Crippen LogP contribution < -0.4 is 0 Å². The van der Waals surface area contributed by atoms with Gasteiger partial charge in [0.2, 0.25) is 0 Å². The number of rotatable bonds is 2. The van der Waals surface area contributed by atoms with Gasteiger partial charge in [-0.25, -0.2) is 0 Å². The molecule has 0 aromatic carbocycles. The molecule has 0 atom stereocenters. The van der Waals surface area contributed by atoms with E-state index in [-0.39, 0.29) is 0 Å². The first-order valence-corrected chi connectivity index (χ1v) is 5.23. The Morgan fingerprint density at radius 2 is 2.23 bits per heavy atom. The van der Waals surface area contributed by atoms with Crippen LogP contribution in [0, 0.1) is 5.92 Å². The predicted octanol–water partition coefficient (Wildman–Crippen LogP) is 2.77. The highest BCUT2D eigenvalue weighted by molar-refractivity contribution is 5.34. The lowest BCUT2D eigenvalue weighted by Crippen LogP contribution is -2.01. The third-order valence-electron chi connectivity index (χ3n) is 2.72. The molecule has 0 unspecified atom stereocenters. The maximum absolute atomic E-state index is 4.49. The molecule has 1 aromatic heterocycles. The molecule has 70 valence electrons. The zero-order chi connectivity index (χ0) is 9.26. The van der Waals surface area contributed by atoms with Crippen LogP contribution >= 0.6 is 0 Å². The Kier molecular flexibility index (Phi) is 2.34. The number of aromatic nitrogens is 1. The predicted molar refractivity (Wildman–Crippen MR) is 54.8 cm³/mol. The van der Waals surface area contributed by atoms with Crippen LogP contribution in [0.1, 0.15) is 37.1 Å². The Morgan fingerprint density at radius 3 is 3.00 bits per heavy atom. The van der Waals surface area contributed by atoms with Gasteiger partial charge in [-0.05, 0) is 48.8 Å². The van der Waals surface area contributed by atoms with Crippen LogP contribution in [-0.4, -0.2) is 4.98 Å². The van der Waals surface area contributed by atoms with E-state index in [0.717, 1.165) is 12.3 Å². The van der Waals surface area contributed by atoms with Gasteiger partial charge in [0.05, 0.1) is 0 Å². The van der Waals surface area contributed by atoms with Crippen molar-refractivity contribution in [2.75, 3.05) is 0 Å². The van der Waals surface area contributed by atoms with Crippen LogP contribution in [0.15, 0.2) is 12.3 Å². The zero-order valence-corrected chi connectivity index (χ0v) is 8.51. The second-order valence-electron chi connectivity index (χ2n) is 4.35. The van der Waals surface area contributed by atoms with Crippen molar-refractivity contribution in [3.63, 3.8) is 0 Å². The first-order chi connectivity index (χ1) is 6.27. The maximum Gasteiger partial charge on any atom is 0.0440 e. The fourth-order valence-electron chi connectivity index (χ4n) is 2.14. The molecule has 1 aliphatic carbocycles. The monoisotopic (exact) mass is 175 g/mol. The Hall–Kier alpha value is -0.850. The summed E-state index contributed by atoms with van der Waals surface area (Å²) in [7, 11) is 0. The lowest BCUT2D eigenvalue weighted by Gasteiger charge is -2.08. The lowest BCUT2D eigenvalue weighted by molar-refractivity contribution is 0.630. The molecule has 0 spiro atoms. The van der Waals surface area contributed by atoms with Crippen LogP contribution in [0.5, 0.6) is 0 Å². The largest absolute Gasteiger partial charge is 0.261 e. The Bertz CT molecular complexity index is 302. The average molecular weight is 175 g/mol. The normalized spacial score (nSPS) is 15.0. The smallest absolute Gasteiger partial charge is 0.0440 e. The molecule has 0 N–H and O–H groups in total. The summed E-state index contributed by atoms with van der Waals surface area (Å²) in [5, 5.41) is 0. The van der Waals surface area contributed by atoms with Crippen molar-refractivity contribution >= 4 is 0 Å². The molecule has 1 aromatic rings. The third kappa shape index (κ3) is 1.74. The van der Waals surface area contributed by atoms with Crippen LogP contribution in [0.2, 0.25) is 0 Å². The van der Waals surface area contributed by atoms with Gasteiger partial charge in [0, 0.05) is 11.9 Å². The minimum absolute atomic E-state index is 0.722. The fraction of sp³-hybridized carbons (Fsp3) is 0.583. The molecule has 1 nitrogen and oxygen atoms in total. The first kappa shape index (κ1) is 8.74. The topological polar surface area (TPSA) is 12.9 Å². The second kappa shape index (κ2) is 3.49. The summed E-state index contributed by atoms with van der Waals surface area (Å²) in [6.45, 7) is 4.52. The van der Waals surface area contributed by atoms with Crippen LogP contribution in [0.25, 0.3) is 0 Å². The highest BCUT2D eigenvalue weighted by Crippen LogP contribution is 2.24. The molecule has 1 aliphatic rings. The second-order valence-corrected chi connectivity index (χ2v) is 4.35. The molecular weight excluding hydrogens is 158 g/mol. The summed E-state index contributed by atoms with van der Waals surface area (Å²) >= 11 is 0. The number of hydrogen-bond donors (Lipinski definition) is 0. The number of aryl methyl sites for hydroxylation is 1. The van der Waals surface area contributed by atoms with E-state index in [9.17, 15) is 0 Å². The van der Waals surface area contributed by atoms with E-state index < -0.39 is 0 Å². The van der Waals surface area contributed by atoms with E-state index >= 15 is 0 Å². The van der Waals surface area contributed by atoms with E-state index in [0.29, 0.717) is 0 Å². The van der Waals surface area contributed by atoms with E-state index in [4.69, 9.17) is 0 Å². The van der Waals surface area contributed by atoms with E-state index in [2.05, 4.69) is 24.9 Å². The van der Waals surface area contributed by atoms with Crippen molar-refractivity contribution in [3.8, 4) is 0 Å². The van der Waals surface area contributed by atoms with Crippen molar-refractivity contribution < 1.29 is 0 Å². The first-order valence-electron chi connectivity index (χ1n) is 5.23. The van der Waals surface area contributed by atoms with Crippen molar-refractivity contribution in [1.29, 1.82) is 0 Å². The molecule has 13 heavy (non-hydrogen) atoms. The molecule has 0 aliphatic heterocycles. The van der Waals surface area contributed by atoms with Gasteiger partial charge in [0.15, 0.2) is 0 Å². The van der Waals surface area contributed by atoms with Gasteiger partial charge >= 0.3 is 0 Å². The summed E-state index contributed by atoms with van der Waals surface area (Å²) in [6.07, 6.45) is 6.96. The summed E-state index contributed by atoms with van der Waals surface area (Å²) < 4.78 is 0. The van der Waals surface area contributed by atoms with Gasteiger partial charge in [-0.2, -0.15) is 0 Å². The summed E-state index contributed by atoms with van der Waals surface area (Å²) in [4.78, 5) is 4.49. The van der Waals surface area contributed by atoms with Gasteiger partial charge in [0.1, 0.15) is 0 Å². The molecule has 0 saturated carbocycles. The average Bonchev–Trinajstić information content (AvgIpc) is 2.51. The molecule has 0 fully saturated rings. The van der Waals surface area contributed by atoms with Crippen molar-refractivity contribution in [2.45, 2.75) is 39.5 Å². The number of hydrogen-bond acceptors (Lipinski definition) is 1. The van der Waals surface area contributed by atoms with Gasteiger partial charge < -0.3 is 0 Å². The Morgan fingerprint density at radius 1 is 1.38 bits per heavy atom. The van der Waals surface area contributed by atoms with Gasteiger partial charge in [-0.15, -0.1) is 0 Å². The van der Waals surface area contributed by atoms with Gasteiger partial charge in [0.25, 0.3) is 0 Å². The van der Waals surface area contributed by atoms with Gasteiger partial charge in [-0.3, -0.25) is 4.98 Å². The molecule has 0 bridgehead atoms. The van der Waals surface area contributed by atoms with E-state index in [1.165, 1.54) is 25.0 Å². The third-order valence-corrected chi connectivity index (χ3v) is 2.72. The van der Waals surface area contributed by atoms with Crippen LogP contribution in [0.3, 0.4) is 0 Å². The highest BCUT2D eigenvalue weighted by Gasteiger charge is 2.15. The van der Waals surface area contributed by atoms with Crippen molar-refractivity contribution in [2.24, 2.45) is 5.92 Å².